The van der Waals surface area contributed by atoms with E-state index in [1.54, 1.807) is 32.2 Å². The third-order valence-corrected chi connectivity index (χ3v) is 7.47. The predicted octanol–water partition coefficient (Wildman–Crippen LogP) is 3.53. The van der Waals surface area contributed by atoms with Gasteiger partial charge in [-0.3, -0.25) is 14.4 Å². The molecule has 1 aliphatic rings. The van der Waals surface area contributed by atoms with Crippen LogP contribution < -0.4 is 20.1 Å². The Hall–Kier alpha value is -5.03. The van der Waals surface area contributed by atoms with Gasteiger partial charge in [-0.1, -0.05) is 36.4 Å². The summed E-state index contributed by atoms with van der Waals surface area (Å²) in [5.74, 6) is -0.842. The van der Waals surface area contributed by atoms with Gasteiger partial charge in [0.05, 0.1) is 31.3 Å². The Bertz CT molecular complexity index is 1670. The molecule has 0 spiro atoms. The third-order valence-electron chi connectivity index (χ3n) is 7.47. The molecular formula is C33H33FN4O6. The SMILES string of the molecule is COc1ccc([C@@H](C)NC(=O)[C@@H]2C[C@@H](O)CN2C(=O)CNC(=O)c2ccc3cc(F)ccc3n2)c(OCc2ccccc2)c1. The number of hydrogen-bond donors (Lipinski definition) is 3. The van der Waals surface area contributed by atoms with Crippen LogP contribution in [-0.4, -0.2) is 65.1 Å². The van der Waals surface area contributed by atoms with Crippen molar-refractivity contribution in [3.8, 4) is 11.5 Å². The Morgan fingerprint density at radius 3 is 2.64 bits per heavy atom. The number of pyridine rings is 1. The Kier molecular flexibility index (Phi) is 9.35. The van der Waals surface area contributed by atoms with E-state index in [-0.39, 0.29) is 18.7 Å². The lowest BCUT2D eigenvalue weighted by Crippen LogP contribution is -2.49. The van der Waals surface area contributed by atoms with Crippen molar-refractivity contribution in [2.24, 2.45) is 0 Å². The minimum Gasteiger partial charge on any atom is -0.497 e. The van der Waals surface area contributed by atoms with Crippen LogP contribution in [0.5, 0.6) is 11.5 Å². The van der Waals surface area contributed by atoms with E-state index in [4.69, 9.17) is 9.47 Å². The Balaban J connectivity index is 1.22. The first-order chi connectivity index (χ1) is 21.2. The number of benzene rings is 3. The van der Waals surface area contributed by atoms with E-state index in [0.717, 1.165) is 5.56 Å². The summed E-state index contributed by atoms with van der Waals surface area (Å²) in [5, 5.41) is 16.4. The van der Waals surface area contributed by atoms with E-state index in [1.807, 2.05) is 36.4 Å². The number of β-amino-alcohol motifs (C(OH)–C–C–N with tert-alkyl or cyclic N) is 1. The lowest BCUT2D eigenvalue weighted by molar-refractivity contribution is -0.138. The molecule has 1 aliphatic heterocycles. The number of ether oxygens (including phenoxy) is 2. The first kappa shape index (κ1) is 30.4. The maximum atomic E-state index is 13.5. The molecular weight excluding hydrogens is 567 g/mol. The van der Waals surface area contributed by atoms with Crippen molar-refractivity contribution in [3.63, 3.8) is 0 Å². The molecule has 0 bridgehead atoms. The van der Waals surface area contributed by atoms with Gasteiger partial charge in [0, 0.05) is 30.0 Å². The van der Waals surface area contributed by atoms with E-state index in [9.17, 15) is 23.9 Å². The van der Waals surface area contributed by atoms with E-state index in [2.05, 4.69) is 15.6 Å². The number of likely N-dealkylation sites (tertiary alicyclic amines) is 1. The van der Waals surface area contributed by atoms with Crippen LogP contribution >= 0.6 is 0 Å². The second kappa shape index (κ2) is 13.5. The molecule has 3 atom stereocenters. The number of rotatable bonds is 10. The number of fused-ring (bicyclic) bond motifs is 1. The van der Waals surface area contributed by atoms with Crippen LogP contribution in [0.1, 0.15) is 41.0 Å². The summed E-state index contributed by atoms with van der Waals surface area (Å²) in [5.41, 5.74) is 2.19. The van der Waals surface area contributed by atoms with Crippen molar-refractivity contribution >= 4 is 28.6 Å². The zero-order valence-electron chi connectivity index (χ0n) is 24.3. The molecule has 3 amide bonds. The molecule has 10 nitrogen and oxygen atoms in total. The van der Waals surface area contributed by atoms with Gasteiger partial charge in [-0.2, -0.15) is 0 Å². The second-order valence-corrected chi connectivity index (χ2v) is 10.6. The molecule has 0 radical (unpaired) electrons. The second-order valence-electron chi connectivity index (χ2n) is 10.6. The summed E-state index contributed by atoms with van der Waals surface area (Å²) in [4.78, 5) is 44.7. The predicted molar refractivity (Wildman–Crippen MR) is 160 cm³/mol. The van der Waals surface area contributed by atoms with Crippen molar-refractivity contribution in [2.75, 3.05) is 20.2 Å². The fraction of sp³-hybridized carbons (Fsp3) is 0.273. The van der Waals surface area contributed by atoms with Gasteiger partial charge >= 0.3 is 0 Å². The van der Waals surface area contributed by atoms with Gasteiger partial charge in [-0.15, -0.1) is 0 Å². The Morgan fingerprint density at radius 2 is 1.86 bits per heavy atom. The Morgan fingerprint density at radius 1 is 1.07 bits per heavy atom. The van der Waals surface area contributed by atoms with E-state index in [0.29, 0.717) is 34.6 Å². The number of amides is 3. The molecule has 1 aromatic heterocycles. The summed E-state index contributed by atoms with van der Waals surface area (Å²) in [7, 11) is 1.56. The number of aliphatic hydroxyl groups is 1. The van der Waals surface area contributed by atoms with Crippen molar-refractivity contribution in [1.82, 2.24) is 20.5 Å². The molecule has 1 fully saturated rings. The zero-order valence-corrected chi connectivity index (χ0v) is 24.3. The molecule has 4 aromatic rings. The average Bonchev–Trinajstić information content (AvgIpc) is 3.44. The number of carbonyl (C=O) groups excluding carboxylic acids is 3. The molecule has 11 heteroatoms. The summed E-state index contributed by atoms with van der Waals surface area (Å²) < 4.78 is 24.9. The van der Waals surface area contributed by atoms with Crippen molar-refractivity contribution in [2.45, 2.75) is 38.1 Å². The summed E-state index contributed by atoms with van der Waals surface area (Å²) in [6, 6.07) is 20.6. The number of halogens is 1. The molecule has 1 saturated heterocycles. The monoisotopic (exact) mass is 600 g/mol. The highest BCUT2D eigenvalue weighted by atomic mass is 19.1. The normalized spacial score (nSPS) is 16.8. The Labute approximate surface area is 253 Å². The van der Waals surface area contributed by atoms with Gasteiger partial charge in [-0.05, 0) is 48.9 Å². The molecule has 3 aromatic carbocycles. The van der Waals surface area contributed by atoms with Crippen LogP contribution in [0.3, 0.4) is 0 Å². The highest BCUT2D eigenvalue weighted by molar-refractivity contribution is 5.97. The largest absolute Gasteiger partial charge is 0.497 e. The van der Waals surface area contributed by atoms with Gasteiger partial charge < -0.3 is 30.1 Å². The van der Waals surface area contributed by atoms with Gasteiger partial charge in [0.2, 0.25) is 11.8 Å². The fourth-order valence-corrected chi connectivity index (χ4v) is 5.16. The molecule has 0 aliphatic carbocycles. The van der Waals surface area contributed by atoms with Gasteiger partial charge in [0.1, 0.15) is 35.7 Å². The van der Waals surface area contributed by atoms with Crippen LogP contribution in [0.4, 0.5) is 4.39 Å². The number of aromatic nitrogens is 1. The van der Waals surface area contributed by atoms with Gasteiger partial charge in [0.25, 0.3) is 5.91 Å². The topological polar surface area (TPSA) is 130 Å². The number of aliphatic hydroxyl groups excluding tert-OH is 1. The first-order valence-corrected chi connectivity index (χ1v) is 14.2. The van der Waals surface area contributed by atoms with Crippen LogP contribution in [0.15, 0.2) is 78.9 Å². The third kappa shape index (κ3) is 7.12. The first-order valence-electron chi connectivity index (χ1n) is 14.2. The quantitative estimate of drug-likeness (QED) is 0.254. The fourth-order valence-electron chi connectivity index (χ4n) is 5.16. The van der Waals surface area contributed by atoms with Crippen molar-refractivity contribution in [3.05, 3.63) is 102 Å². The standard InChI is InChI=1S/C33H33FN4O6/c1-20(26-11-10-25(43-2)16-30(26)44-19-21-6-4-3-5-7-21)36-33(42)29-15-24(39)18-38(29)31(40)17-35-32(41)28-12-8-22-14-23(34)9-13-27(22)37-28/h3-14,16,20,24,29,39H,15,17-19H2,1-2H3,(H,35,41)(H,36,42)/t20-,24-,29+/m1/s1. The maximum absolute atomic E-state index is 13.5. The summed E-state index contributed by atoms with van der Waals surface area (Å²) in [6.45, 7) is 1.68. The van der Waals surface area contributed by atoms with E-state index >= 15 is 0 Å². The van der Waals surface area contributed by atoms with Crippen LogP contribution in [0.2, 0.25) is 0 Å². The zero-order chi connectivity index (χ0) is 31.2. The van der Waals surface area contributed by atoms with Crippen LogP contribution in [0, 0.1) is 5.82 Å². The minimum absolute atomic E-state index is 0.0467. The number of nitrogens with zero attached hydrogens (tertiary/aromatic N) is 2. The number of methoxy groups -OCH3 is 1. The number of hydrogen-bond acceptors (Lipinski definition) is 7. The summed E-state index contributed by atoms with van der Waals surface area (Å²) >= 11 is 0. The van der Waals surface area contributed by atoms with Crippen LogP contribution in [0.25, 0.3) is 10.9 Å². The van der Waals surface area contributed by atoms with Gasteiger partial charge in [-0.25, -0.2) is 9.37 Å². The minimum atomic E-state index is -0.933. The average molecular weight is 601 g/mol. The maximum Gasteiger partial charge on any atom is 0.270 e. The smallest absolute Gasteiger partial charge is 0.270 e. The van der Waals surface area contributed by atoms with Crippen molar-refractivity contribution < 1.29 is 33.4 Å². The molecule has 228 valence electrons. The highest BCUT2D eigenvalue weighted by Gasteiger charge is 2.39. The number of nitrogens with one attached hydrogen (secondary N) is 2. The van der Waals surface area contributed by atoms with E-state index in [1.165, 1.54) is 29.2 Å². The molecule has 0 saturated carbocycles. The lowest BCUT2D eigenvalue weighted by Gasteiger charge is -2.26. The molecule has 5 rings (SSSR count). The lowest BCUT2D eigenvalue weighted by atomic mass is 10.1. The molecule has 0 unspecified atom stereocenters. The summed E-state index contributed by atoms with van der Waals surface area (Å²) in [6.07, 6.45) is -0.838. The highest BCUT2D eigenvalue weighted by Crippen LogP contribution is 2.31. The van der Waals surface area contributed by atoms with Crippen molar-refractivity contribution in [1.29, 1.82) is 0 Å². The van der Waals surface area contributed by atoms with Crippen LogP contribution in [-0.2, 0) is 16.2 Å². The molecule has 2 heterocycles. The van der Waals surface area contributed by atoms with E-state index < -0.39 is 48.3 Å². The molecule has 3 N–H and O–H groups in total. The number of carbonyl (C=O) groups is 3. The van der Waals surface area contributed by atoms with Gasteiger partial charge in [0.15, 0.2) is 0 Å². The molecule has 44 heavy (non-hydrogen) atoms.